The first kappa shape index (κ1) is 29.4. The molecule has 226 valence electrons. The van der Waals surface area contributed by atoms with Gasteiger partial charge >= 0.3 is 0 Å². The van der Waals surface area contributed by atoms with Crippen LogP contribution in [0.3, 0.4) is 0 Å². The summed E-state index contributed by atoms with van der Waals surface area (Å²) in [7, 11) is 0. The lowest BCUT2D eigenvalue weighted by atomic mass is 9.94. The molecule has 0 fully saturated rings. The SMILES string of the molecule is C/C=C\C=C/c1cc2cc(N(C3=CCCC=C3)c3ccccc3)c3cc(C)ccc3c2cc1N(C1=CCCC=C1)c1ccccc1. The van der Waals surface area contributed by atoms with E-state index in [1.807, 2.05) is 0 Å². The lowest BCUT2D eigenvalue weighted by molar-refractivity contribution is 0.997. The molecule has 7 rings (SSSR count). The summed E-state index contributed by atoms with van der Waals surface area (Å²) in [4.78, 5) is 4.86. The van der Waals surface area contributed by atoms with Gasteiger partial charge in [0.25, 0.3) is 0 Å². The third-order valence-electron chi connectivity index (χ3n) is 8.79. The van der Waals surface area contributed by atoms with Gasteiger partial charge in [-0.2, -0.15) is 0 Å². The molecule has 0 N–H and O–H groups in total. The van der Waals surface area contributed by atoms with E-state index in [4.69, 9.17) is 0 Å². The third kappa shape index (κ3) is 5.87. The molecule has 0 saturated heterocycles. The molecule has 5 aromatic carbocycles. The number of para-hydroxylation sites is 2. The highest BCUT2D eigenvalue weighted by atomic mass is 15.2. The van der Waals surface area contributed by atoms with Crippen molar-refractivity contribution in [3.63, 3.8) is 0 Å². The number of anilines is 4. The maximum Gasteiger partial charge on any atom is 0.0546 e. The molecule has 0 heterocycles. The van der Waals surface area contributed by atoms with Crippen molar-refractivity contribution in [2.45, 2.75) is 39.5 Å². The lowest BCUT2D eigenvalue weighted by Gasteiger charge is -2.31. The van der Waals surface area contributed by atoms with Gasteiger partial charge in [0, 0.05) is 28.2 Å². The van der Waals surface area contributed by atoms with Crippen LogP contribution in [0.5, 0.6) is 0 Å². The maximum atomic E-state index is 2.44. The van der Waals surface area contributed by atoms with Crippen LogP contribution >= 0.6 is 0 Å². The molecule has 0 bridgehead atoms. The largest absolute Gasteiger partial charge is 0.310 e. The van der Waals surface area contributed by atoms with Crippen molar-refractivity contribution < 1.29 is 0 Å². The van der Waals surface area contributed by atoms with Crippen molar-refractivity contribution in [3.8, 4) is 0 Å². The van der Waals surface area contributed by atoms with Crippen molar-refractivity contribution in [3.05, 3.63) is 174 Å². The topological polar surface area (TPSA) is 6.48 Å². The van der Waals surface area contributed by atoms with Gasteiger partial charge in [-0.1, -0.05) is 103 Å². The number of hydrogen-bond donors (Lipinski definition) is 0. The zero-order chi connectivity index (χ0) is 31.3. The highest BCUT2D eigenvalue weighted by Crippen LogP contribution is 2.44. The quantitative estimate of drug-likeness (QED) is 0.130. The first-order valence-electron chi connectivity index (χ1n) is 16.5. The van der Waals surface area contributed by atoms with Gasteiger partial charge in [-0.3, -0.25) is 0 Å². The monoisotopic (exact) mass is 596 g/mol. The molecule has 0 aromatic heterocycles. The minimum Gasteiger partial charge on any atom is -0.310 e. The van der Waals surface area contributed by atoms with Crippen LogP contribution in [0.4, 0.5) is 22.7 Å². The van der Waals surface area contributed by atoms with Crippen molar-refractivity contribution in [1.29, 1.82) is 0 Å². The Morgan fingerprint density at radius 2 is 1.20 bits per heavy atom. The van der Waals surface area contributed by atoms with Crippen LogP contribution in [-0.2, 0) is 0 Å². The minimum absolute atomic E-state index is 1.04. The standard InChI is InChI=1S/C44H40N2/c1-3-4-9-18-34-30-35-31-44(46(38-23-14-7-15-24-38)39-25-16-8-17-26-39)42-29-33(2)27-28-40(42)41(35)32-43(34)45(36-19-10-5-11-20-36)37-21-12-6-13-22-37/h3-5,7,9-12,14-16,18-32H,6,8,13,17H2,1-2H3/b4-3-,18-9-. The van der Waals surface area contributed by atoms with Gasteiger partial charge < -0.3 is 9.80 Å². The Bertz CT molecular complexity index is 2060. The molecule has 2 aliphatic rings. The molecule has 0 aliphatic heterocycles. The molecule has 0 radical (unpaired) electrons. The van der Waals surface area contributed by atoms with E-state index in [0.29, 0.717) is 0 Å². The Kier molecular flexibility index (Phi) is 8.52. The Morgan fingerprint density at radius 1 is 0.565 bits per heavy atom. The number of nitrogens with zero attached hydrogens (tertiary/aromatic N) is 2. The van der Waals surface area contributed by atoms with Gasteiger partial charge in [0.05, 0.1) is 11.4 Å². The zero-order valence-corrected chi connectivity index (χ0v) is 26.7. The normalized spacial score (nSPS) is 14.7. The third-order valence-corrected chi connectivity index (χ3v) is 8.79. The van der Waals surface area contributed by atoms with Crippen LogP contribution in [0.15, 0.2) is 163 Å². The summed E-state index contributed by atoms with van der Waals surface area (Å²) in [5.41, 5.74) is 9.55. The van der Waals surface area contributed by atoms with E-state index >= 15 is 0 Å². The number of rotatable bonds is 8. The molecular formula is C44H40N2. The Balaban J connectivity index is 1.54. The van der Waals surface area contributed by atoms with Crippen LogP contribution < -0.4 is 9.80 Å². The summed E-state index contributed by atoms with van der Waals surface area (Å²) < 4.78 is 0. The van der Waals surface area contributed by atoms with Gasteiger partial charge in [0.1, 0.15) is 0 Å². The Hall–Kier alpha value is -5.34. The van der Waals surface area contributed by atoms with Gasteiger partial charge in [-0.25, -0.2) is 0 Å². The van der Waals surface area contributed by atoms with E-state index in [2.05, 4.69) is 181 Å². The maximum absolute atomic E-state index is 2.44. The van der Waals surface area contributed by atoms with E-state index in [1.165, 1.54) is 61.1 Å². The lowest BCUT2D eigenvalue weighted by Crippen LogP contribution is -2.18. The van der Waals surface area contributed by atoms with Gasteiger partial charge in [-0.05, 0) is 122 Å². The van der Waals surface area contributed by atoms with E-state index in [-0.39, 0.29) is 0 Å². The molecule has 5 aromatic rings. The molecule has 0 amide bonds. The summed E-state index contributed by atoms with van der Waals surface area (Å²) in [6.45, 7) is 4.26. The molecule has 46 heavy (non-hydrogen) atoms. The van der Waals surface area contributed by atoms with Crippen molar-refractivity contribution in [2.75, 3.05) is 9.80 Å². The van der Waals surface area contributed by atoms with Crippen LogP contribution in [0.25, 0.3) is 27.6 Å². The van der Waals surface area contributed by atoms with E-state index < -0.39 is 0 Å². The summed E-state index contributed by atoms with van der Waals surface area (Å²) in [5.74, 6) is 0. The van der Waals surface area contributed by atoms with Crippen molar-refractivity contribution in [2.24, 2.45) is 0 Å². The van der Waals surface area contributed by atoms with Crippen LogP contribution in [-0.4, -0.2) is 0 Å². The summed E-state index contributed by atoms with van der Waals surface area (Å²) in [6.07, 6.45) is 26.7. The van der Waals surface area contributed by atoms with E-state index in [9.17, 15) is 0 Å². The average molecular weight is 597 g/mol. The molecule has 0 spiro atoms. The minimum atomic E-state index is 1.04. The molecule has 2 aliphatic carbocycles. The van der Waals surface area contributed by atoms with Crippen molar-refractivity contribution >= 4 is 50.4 Å². The highest BCUT2D eigenvalue weighted by molar-refractivity contribution is 6.16. The summed E-state index contributed by atoms with van der Waals surface area (Å²) >= 11 is 0. The predicted octanol–water partition coefficient (Wildman–Crippen LogP) is 12.6. The predicted molar refractivity (Wildman–Crippen MR) is 200 cm³/mol. The number of fused-ring (bicyclic) bond motifs is 3. The van der Waals surface area contributed by atoms with Gasteiger partial charge in [-0.15, -0.1) is 0 Å². The van der Waals surface area contributed by atoms with Crippen molar-refractivity contribution in [1.82, 2.24) is 0 Å². The number of benzene rings is 5. The smallest absolute Gasteiger partial charge is 0.0546 e. The van der Waals surface area contributed by atoms with Crippen LogP contribution in [0.1, 0.15) is 43.7 Å². The number of aryl methyl sites for hydroxylation is 1. The first-order valence-corrected chi connectivity index (χ1v) is 16.5. The molecule has 0 saturated carbocycles. The number of hydrogen-bond acceptors (Lipinski definition) is 2. The fourth-order valence-corrected chi connectivity index (χ4v) is 6.63. The summed E-state index contributed by atoms with van der Waals surface area (Å²) in [6, 6.07) is 35.7. The van der Waals surface area contributed by atoms with Crippen LogP contribution in [0, 0.1) is 6.92 Å². The van der Waals surface area contributed by atoms with Gasteiger partial charge in [0.2, 0.25) is 0 Å². The van der Waals surface area contributed by atoms with E-state index in [1.54, 1.807) is 0 Å². The van der Waals surface area contributed by atoms with Gasteiger partial charge in [0.15, 0.2) is 0 Å². The first-order chi connectivity index (χ1) is 22.7. The summed E-state index contributed by atoms with van der Waals surface area (Å²) in [5, 5.41) is 4.98. The number of allylic oxidation sites excluding steroid dienone is 9. The molecule has 2 heteroatoms. The average Bonchev–Trinajstić information content (AvgIpc) is 3.11. The second-order valence-electron chi connectivity index (χ2n) is 12.0. The highest BCUT2D eigenvalue weighted by Gasteiger charge is 2.22. The second kappa shape index (κ2) is 13.3. The molecular weight excluding hydrogens is 556 g/mol. The van der Waals surface area contributed by atoms with Crippen LogP contribution in [0.2, 0.25) is 0 Å². The Labute approximate surface area is 273 Å². The Morgan fingerprint density at radius 3 is 1.78 bits per heavy atom. The fraction of sp³-hybridized carbons (Fsp3) is 0.136. The van der Waals surface area contributed by atoms with E-state index in [0.717, 1.165) is 31.4 Å². The zero-order valence-electron chi connectivity index (χ0n) is 26.7. The molecule has 0 atom stereocenters. The molecule has 0 unspecified atom stereocenters. The fourth-order valence-electron chi connectivity index (χ4n) is 6.63. The second-order valence-corrected chi connectivity index (χ2v) is 12.0. The molecule has 2 nitrogen and oxygen atoms in total.